The normalized spacial score (nSPS) is 25.5. The Hall–Kier alpha value is -3.64. The van der Waals surface area contributed by atoms with Gasteiger partial charge in [0.25, 0.3) is 5.91 Å². The molecule has 2 aliphatic heterocycles. The first-order chi connectivity index (χ1) is 20.0. The molecule has 0 radical (unpaired) electrons. The Labute approximate surface area is 249 Å². The second-order valence-electron chi connectivity index (χ2n) is 10.9. The molecule has 2 amide bonds. The number of anilines is 2. The summed E-state index contributed by atoms with van der Waals surface area (Å²) in [5.41, 5.74) is 4.97. The van der Waals surface area contributed by atoms with Crippen LogP contribution in [0.4, 0.5) is 25.8 Å². The zero-order chi connectivity index (χ0) is 29.9. The first-order valence-electron chi connectivity index (χ1n) is 13.3. The molecule has 3 N–H and O–H groups in total. The third kappa shape index (κ3) is 4.70. The lowest BCUT2D eigenvalue weighted by atomic mass is 9.78. The first kappa shape index (κ1) is 28.5. The standard InChI is InChI=1S/C29H25Cl2F2N5O4/c30-16-3-1-4-17(11-16)35-28(40)29(34)25(19-5-2-6-20(31)26(19)33)24-23(37(29)13-15-7-8-15)14-36(27(24)39)18-9-10-22(38(41)42)21(32)12-18/h1-6,9-12,15,23-25H,7-8,13-14,34H2,(H,35,40)/t23?,24-,25+,29-/m1/s1. The van der Waals surface area contributed by atoms with E-state index in [0.717, 1.165) is 25.0 Å². The molecule has 1 saturated carbocycles. The largest absolute Gasteiger partial charge is 0.323 e. The summed E-state index contributed by atoms with van der Waals surface area (Å²) in [6.07, 6.45) is 1.81. The van der Waals surface area contributed by atoms with Crippen LogP contribution < -0.4 is 16.0 Å². The number of likely N-dealkylation sites (tertiary alicyclic amines) is 1. The number of carbonyl (C=O) groups excluding carboxylic acids is 2. The fourth-order valence-corrected chi connectivity index (χ4v) is 6.66. The number of nitrogens with one attached hydrogen (secondary N) is 1. The molecule has 2 heterocycles. The highest BCUT2D eigenvalue weighted by atomic mass is 35.5. The van der Waals surface area contributed by atoms with Crippen LogP contribution in [-0.2, 0) is 9.59 Å². The molecule has 0 bridgehead atoms. The summed E-state index contributed by atoms with van der Waals surface area (Å²) in [4.78, 5) is 41.7. The van der Waals surface area contributed by atoms with Crippen LogP contribution >= 0.6 is 23.2 Å². The molecule has 1 unspecified atom stereocenters. The summed E-state index contributed by atoms with van der Waals surface area (Å²) in [6.45, 7) is 0.380. The van der Waals surface area contributed by atoms with Crippen molar-refractivity contribution in [1.29, 1.82) is 0 Å². The molecule has 4 atom stereocenters. The number of halogens is 4. The van der Waals surface area contributed by atoms with Gasteiger partial charge in [-0.15, -0.1) is 0 Å². The number of benzene rings is 3. The summed E-state index contributed by atoms with van der Waals surface area (Å²) in [6, 6.07) is 13.4. The monoisotopic (exact) mass is 615 g/mol. The molecule has 9 nitrogen and oxygen atoms in total. The van der Waals surface area contributed by atoms with Crippen molar-refractivity contribution >= 4 is 52.1 Å². The highest BCUT2D eigenvalue weighted by molar-refractivity contribution is 6.31. The van der Waals surface area contributed by atoms with Gasteiger partial charge in [0.1, 0.15) is 5.82 Å². The van der Waals surface area contributed by atoms with Gasteiger partial charge >= 0.3 is 5.69 Å². The lowest BCUT2D eigenvalue weighted by Crippen LogP contribution is -2.65. The molecule has 0 aromatic heterocycles. The van der Waals surface area contributed by atoms with Crippen molar-refractivity contribution in [3.8, 4) is 0 Å². The molecule has 3 aromatic carbocycles. The Bertz CT molecular complexity index is 1620. The zero-order valence-electron chi connectivity index (χ0n) is 22.0. The van der Waals surface area contributed by atoms with Crippen LogP contribution in [0.1, 0.15) is 24.3 Å². The number of rotatable bonds is 7. The fraction of sp³-hybridized carbons (Fsp3) is 0.310. The average molecular weight is 616 g/mol. The van der Waals surface area contributed by atoms with Crippen LogP contribution in [-0.4, -0.2) is 46.4 Å². The van der Waals surface area contributed by atoms with E-state index >= 15 is 4.39 Å². The van der Waals surface area contributed by atoms with Gasteiger partial charge in [-0.3, -0.25) is 24.6 Å². The Morgan fingerprint density at radius 2 is 1.86 bits per heavy atom. The highest BCUT2D eigenvalue weighted by Crippen LogP contribution is 2.53. The topological polar surface area (TPSA) is 122 Å². The van der Waals surface area contributed by atoms with E-state index in [0.29, 0.717) is 17.3 Å². The number of hydrogen-bond acceptors (Lipinski definition) is 6. The molecule has 3 aliphatic rings. The predicted octanol–water partition coefficient (Wildman–Crippen LogP) is 5.31. The number of fused-ring (bicyclic) bond motifs is 1. The number of nitro benzene ring substituents is 1. The number of nitrogens with zero attached hydrogens (tertiary/aromatic N) is 3. The molecule has 2 saturated heterocycles. The molecule has 0 spiro atoms. The molecule has 13 heteroatoms. The Balaban J connectivity index is 1.47. The van der Waals surface area contributed by atoms with E-state index in [2.05, 4.69) is 5.32 Å². The van der Waals surface area contributed by atoms with Crippen LogP contribution in [0.15, 0.2) is 60.7 Å². The van der Waals surface area contributed by atoms with Crippen LogP contribution in [0.25, 0.3) is 0 Å². The van der Waals surface area contributed by atoms with Crippen molar-refractivity contribution in [1.82, 2.24) is 4.90 Å². The van der Waals surface area contributed by atoms with Crippen molar-refractivity contribution in [3.63, 3.8) is 0 Å². The van der Waals surface area contributed by atoms with Crippen LogP contribution in [0, 0.1) is 33.6 Å². The Kier molecular flexibility index (Phi) is 7.17. The Morgan fingerprint density at radius 1 is 1.12 bits per heavy atom. The number of carbonyl (C=O) groups is 2. The minimum absolute atomic E-state index is 0.00428. The van der Waals surface area contributed by atoms with E-state index in [-0.39, 0.29) is 28.7 Å². The summed E-state index contributed by atoms with van der Waals surface area (Å²) in [5.74, 6) is -5.02. The molecule has 6 rings (SSSR count). The molecule has 3 aromatic rings. The quantitative estimate of drug-likeness (QED) is 0.274. The van der Waals surface area contributed by atoms with Gasteiger partial charge in [0, 0.05) is 53.6 Å². The van der Waals surface area contributed by atoms with Crippen molar-refractivity contribution in [2.24, 2.45) is 17.6 Å². The van der Waals surface area contributed by atoms with Crippen molar-refractivity contribution in [2.45, 2.75) is 30.5 Å². The minimum Gasteiger partial charge on any atom is -0.323 e. The average Bonchev–Trinajstić information content (AvgIpc) is 3.66. The van der Waals surface area contributed by atoms with Gasteiger partial charge in [0.15, 0.2) is 5.66 Å². The second-order valence-corrected chi connectivity index (χ2v) is 11.8. The molecule has 218 valence electrons. The Morgan fingerprint density at radius 3 is 2.52 bits per heavy atom. The number of nitrogens with two attached hydrogens (primary N) is 1. The van der Waals surface area contributed by atoms with E-state index in [9.17, 15) is 24.1 Å². The maximum absolute atomic E-state index is 15.7. The maximum atomic E-state index is 15.7. The van der Waals surface area contributed by atoms with Gasteiger partial charge in [-0.05, 0) is 54.7 Å². The van der Waals surface area contributed by atoms with Gasteiger partial charge < -0.3 is 16.0 Å². The second kappa shape index (κ2) is 10.6. The SMILES string of the molecule is N[C@]1(C(=O)Nc2cccc(Cl)c2)[C@@H](c2cccc(Cl)c2F)[C@@H]2C(=O)N(c3ccc([N+](=O)[O-])c(F)c3)CC2N1CC1CC1. The minimum atomic E-state index is -1.88. The van der Waals surface area contributed by atoms with Crippen molar-refractivity contribution in [2.75, 3.05) is 23.3 Å². The van der Waals surface area contributed by atoms with Crippen LogP contribution in [0.2, 0.25) is 10.0 Å². The van der Waals surface area contributed by atoms with E-state index in [1.807, 2.05) is 0 Å². The van der Waals surface area contributed by atoms with Crippen molar-refractivity contribution in [3.05, 3.63) is 98.0 Å². The zero-order valence-corrected chi connectivity index (χ0v) is 23.5. The van der Waals surface area contributed by atoms with Gasteiger partial charge in [-0.25, -0.2) is 4.39 Å². The van der Waals surface area contributed by atoms with E-state index in [4.69, 9.17) is 28.9 Å². The van der Waals surface area contributed by atoms with Crippen LogP contribution in [0.5, 0.6) is 0 Å². The molecule has 42 heavy (non-hydrogen) atoms. The third-order valence-corrected chi connectivity index (χ3v) is 8.93. The molecular weight excluding hydrogens is 591 g/mol. The van der Waals surface area contributed by atoms with E-state index in [1.54, 1.807) is 29.2 Å². The maximum Gasteiger partial charge on any atom is 0.304 e. The third-order valence-electron chi connectivity index (χ3n) is 8.40. The molecule has 3 fully saturated rings. The fourth-order valence-electron chi connectivity index (χ4n) is 6.29. The highest BCUT2D eigenvalue weighted by Gasteiger charge is 2.67. The summed E-state index contributed by atoms with van der Waals surface area (Å²) >= 11 is 12.3. The number of nitro groups is 1. The molecule has 1 aliphatic carbocycles. The predicted molar refractivity (Wildman–Crippen MR) is 153 cm³/mol. The number of amides is 2. The summed E-state index contributed by atoms with van der Waals surface area (Å²) in [7, 11) is 0. The lowest BCUT2D eigenvalue weighted by Gasteiger charge is -2.41. The lowest BCUT2D eigenvalue weighted by molar-refractivity contribution is -0.387. The van der Waals surface area contributed by atoms with Crippen LogP contribution in [0.3, 0.4) is 0 Å². The summed E-state index contributed by atoms with van der Waals surface area (Å²) in [5, 5.41) is 14.1. The van der Waals surface area contributed by atoms with Gasteiger partial charge in [0.05, 0.1) is 15.9 Å². The van der Waals surface area contributed by atoms with Gasteiger partial charge in [-0.2, -0.15) is 4.39 Å². The smallest absolute Gasteiger partial charge is 0.304 e. The molecular formula is C29H25Cl2F2N5O4. The first-order valence-corrected chi connectivity index (χ1v) is 14.1. The van der Waals surface area contributed by atoms with E-state index in [1.165, 1.54) is 29.2 Å². The van der Waals surface area contributed by atoms with Crippen molar-refractivity contribution < 1.29 is 23.3 Å². The number of hydrogen-bond donors (Lipinski definition) is 2. The van der Waals surface area contributed by atoms with Gasteiger partial charge in [-0.1, -0.05) is 41.4 Å². The summed E-state index contributed by atoms with van der Waals surface area (Å²) < 4.78 is 30.3. The van der Waals surface area contributed by atoms with E-state index < -0.39 is 57.6 Å². The van der Waals surface area contributed by atoms with Gasteiger partial charge in [0.2, 0.25) is 11.7 Å².